The molecule has 0 aliphatic carbocycles. The summed E-state index contributed by atoms with van der Waals surface area (Å²) in [6, 6.07) is 16.3. The number of rotatable bonds is 4. The summed E-state index contributed by atoms with van der Waals surface area (Å²) >= 11 is 5.97. The molecule has 2 N–H and O–H groups in total. The molecule has 4 aromatic rings. The number of nitrogens with one attached hydrogen (secondary N) is 2. The highest BCUT2D eigenvalue weighted by Crippen LogP contribution is 2.32. The molecule has 29 heavy (non-hydrogen) atoms. The lowest BCUT2D eigenvalue weighted by Gasteiger charge is -2.11. The zero-order valence-electron chi connectivity index (χ0n) is 16.0. The van der Waals surface area contributed by atoms with Gasteiger partial charge in [0.2, 0.25) is 0 Å². The number of H-pyrrole nitrogens is 1. The van der Waals surface area contributed by atoms with Crippen molar-refractivity contribution in [2.75, 3.05) is 6.54 Å². The number of amides is 1. The van der Waals surface area contributed by atoms with Gasteiger partial charge in [0.25, 0.3) is 5.91 Å². The summed E-state index contributed by atoms with van der Waals surface area (Å²) in [5.41, 5.74) is 4.89. The van der Waals surface area contributed by atoms with Crippen molar-refractivity contribution >= 4 is 28.4 Å². The Labute approximate surface area is 172 Å². The summed E-state index contributed by atoms with van der Waals surface area (Å²) in [6.07, 6.45) is 0. The van der Waals surface area contributed by atoms with Crippen molar-refractivity contribution in [2.24, 2.45) is 0 Å². The van der Waals surface area contributed by atoms with Crippen molar-refractivity contribution in [3.05, 3.63) is 76.6 Å². The Kier molecular flexibility index (Phi) is 5.07. The molecule has 0 spiro atoms. The Bertz CT molecular complexity index is 1220. The second-order valence-electron chi connectivity index (χ2n) is 6.83. The SMILES string of the molecule is CCNC(=O)c1cc(F)c(C)c(-c2ccc3c(-c4ccc(Cl)cc4)n[nH]c3c2)c1. The van der Waals surface area contributed by atoms with Crippen LogP contribution in [0.15, 0.2) is 54.6 Å². The van der Waals surface area contributed by atoms with Crippen LogP contribution in [0.2, 0.25) is 5.02 Å². The van der Waals surface area contributed by atoms with Gasteiger partial charge in [0.1, 0.15) is 5.82 Å². The average molecular weight is 408 g/mol. The van der Waals surface area contributed by atoms with E-state index < -0.39 is 5.82 Å². The molecular formula is C23H19ClFN3O. The Morgan fingerprint density at radius 1 is 1.10 bits per heavy atom. The van der Waals surface area contributed by atoms with Crippen LogP contribution >= 0.6 is 11.6 Å². The van der Waals surface area contributed by atoms with Crippen LogP contribution in [-0.4, -0.2) is 22.6 Å². The first-order valence-electron chi connectivity index (χ1n) is 9.30. The molecule has 4 nitrogen and oxygen atoms in total. The van der Waals surface area contributed by atoms with Crippen LogP contribution in [0.25, 0.3) is 33.3 Å². The van der Waals surface area contributed by atoms with Crippen molar-refractivity contribution in [3.63, 3.8) is 0 Å². The third kappa shape index (κ3) is 3.61. The van der Waals surface area contributed by atoms with Crippen LogP contribution in [0.3, 0.4) is 0 Å². The van der Waals surface area contributed by atoms with Crippen molar-refractivity contribution in [3.8, 4) is 22.4 Å². The van der Waals surface area contributed by atoms with E-state index in [4.69, 9.17) is 11.6 Å². The number of carbonyl (C=O) groups excluding carboxylic acids is 1. The van der Waals surface area contributed by atoms with Gasteiger partial charge in [-0.1, -0.05) is 29.8 Å². The maximum atomic E-state index is 14.5. The lowest BCUT2D eigenvalue weighted by atomic mass is 9.96. The van der Waals surface area contributed by atoms with Gasteiger partial charge in [-0.05, 0) is 66.9 Å². The normalized spacial score (nSPS) is 11.0. The first-order chi connectivity index (χ1) is 14.0. The van der Waals surface area contributed by atoms with E-state index in [1.807, 2.05) is 49.4 Å². The Hall–Kier alpha value is -3.18. The van der Waals surface area contributed by atoms with Crippen LogP contribution < -0.4 is 5.32 Å². The molecular weight excluding hydrogens is 389 g/mol. The van der Waals surface area contributed by atoms with Crippen LogP contribution in [0.5, 0.6) is 0 Å². The van der Waals surface area contributed by atoms with E-state index in [1.54, 1.807) is 13.0 Å². The van der Waals surface area contributed by atoms with Crippen molar-refractivity contribution in [1.82, 2.24) is 15.5 Å². The summed E-state index contributed by atoms with van der Waals surface area (Å²) in [4.78, 5) is 12.2. The molecule has 146 valence electrons. The van der Waals surface area contributed by atoms with Crippen LogP contribution in [0.1, 0.15) is 22.8 Å². The number of nitrogens with zero attached hydrogens (tertiary/aromatic N) is 1. The van der Waals surface area contributed by atoms with Crippen LogP contribution in [-0.2, 0) is 0 Å². The number of fused-ring (bicyclic) bond motifs is 1. The predicted octanol–water partition coefficient (Wildman–Crippen LogP) is 5.75. The van der Waals surface area contributed by atoms with E-state index in [2.05, 4.69) is 15.5 Å². The monoisotopic (exact) mass is 407 g/mol. The molecule has 0 bridgehead atoms. The van der Waals surface area contributed by atoms with Gasteiger partial charge in [-0.3, -0.25) is 9.89 Å². The predicted molar refractivity (Wildman–Crippen MR) is 115 cm³/mol. The highest BCUT2D eigenvalue weighted by molar-refractivity contribution is 6.30. The highest BCUT2D eigenvalue weighted by Gasteiger charge is 2.15. The fourth-order valence-electron chi connectivity index (χ4n) is 3.39. The highest BCUT2D eigenvalue weighted by atomic mass is 35.5. The molecule has 0 saturated carbocycles. The molecule has 3 aromatic carbocycles. The molecule has 0 radical (unpaired) electrons. The van der Waals surface area contributed by atoms with Gasteiger partial charge in [-0.15, -0.1) is 0 Å². The Morgan fingerprint density at radius 3 is 2.55 bits per heavy atom. The largest absolute Gasteiger partial charge is 0.352 e. The minimum absolute atomic E-state index is 0.291. The number of carbonyl (C=O) groups is 1. The smallest absolute Gasteiger partial charge is 0.251 e. The van der Waals surface area contributed by atoms with Gasteiger partial charge in [0.05, 0.1) is 11.2 Å². The number of halogens is 2. The summed E-state index contributed by atoms with van der Waals surface area (Å²) < 4.78 is 14.5. The van der Waals surface area contributed by atoms with Gasteiger partial charge in [0, 0.05) is 28.1 Å². The third-order valence-electron chi connectivity index (χ3n) is 4.94. The first kappa shape index (κ1) is 19.2. The number of hydrogen-bond donors (Lipinski definition) is 2. The number of hydrogen-bond acceptors (Lipinski definition) is 2. The summed E-state index contributed by atoms with van der Waals surface area (Å²) in [7, 11) is 0. The average Bonchev–Trinajstić information content (AvgIpc) is 3.14. The third-order valence-corrected chi connectivity index (χ3v) is 5.19. The molecule has 6 heteroatoms. The molecule has 1 aromatic heterocycles. The molecule has 0 atom stereocenters. The van der Waals surface area contributed by atoms with Crippen molar-refractivity contribution < 1.29 is 9.18 Å². The minimum atomic E-state index is -0.407. The van der Waals surface area contributed by atoms with Crippen molar-refractivity contribution in [2.45, 2.75) is 13.8 Å². The molecule has 4 rings (SSSR count). The minimum Gasteiger partial charge on any atom is -0.352 e. The van der Waals surface area contributed by atoms with Gasteiger partial charge < -0.3 is 5.32 Å². The van der Waals surface area contributed by atoms with E-state index in [0.717, 1.165) is 27.7 Å². The molecule has 1 heterocycles. The lowest BCUT2D eigenvalue weighted by Crippen LogP contribution is -2.22. The fraction of sp³-hybridized carbons (Fsp3) is 0.130. The van der Waals surface area contributed by atoms with Gasteiger partial charge in [0.15, 0.2) is 0 Å². The zero-order valence-corrected chi connectivity index (χ0v) is 16.8. The van der Waals surface area contributed by atoms with Gasteiger partial charge in [-0.2, -0.15) is 5.10 Å². The summed E-state index contributed by atoms with van der Waals surface area (Å²) in [5, 5.41) is 11.8. The Balaban J connectivity index is 1.79. The second kappa shape index (κ2) is 7.68. The second-order valence-corrected chi connectivity index (χ2v) is 7.27. The van der Waals surface area contributed by atoms with Crippen molar-refractivity contribution in [1.29, 1.82) is 0 Å². The van der Waals surface area contributed by atoms with E-state index >= 15 is 0 Å². The van der Waals surface area contributed by atoms with Crippen LogP contribution in [0.4, 0.5) is 4.39 Å². The molecule has 0 saturated heterocycles. The Morgan fingerprint density at radius 2 is 1.83 bits per heavy atom. The molecule has 0 aliphatic rings. The number of aromatic amines is 1. The van der Waals surface area contributed by atoms with E-state index in [-0.39, 0.29) is 5.91 Å². The quantitative estimate of drug-likeness (QED) is 0.452. The topological polar surface area (TPSA) is 57.8 Å². The summed E-state index contributed by atoms with van der Waals surface area (Å²) in [6.45, 7) is 4.02. The summed E-state index contributed by atoms with van der Waals surface area (Å²) in [5.74, 6) is -0.699. The standard InChI is InChI=1S/C23H19ClFN3O/c1-3-26-23(29)16-10-19(13(2)20(25)11-16)15-6-9-18-21(12-15)27-28-22(18)14-4-7-17(24)8-5-14/h4-12H,3H2,1-2H3,(H,26,29)(H,27,28). The molecule has 1 amide bonds. The first-order valence-corrected chi connectivity index (χ1v) is 9.68. The van der Waals surface area contributed by atoms with E-state index in [9.17, 15) is 9.18 Å². The number of aromatic nitrogens is 2. The fourth-order valence-corrected chi connectivity index (χ4v) is 3.51. The van der Waals surface area contributed by atoms with Crippen LogP contribution in [0, 0.1) is 12.7 Å². The van der Waals surface area contributed by atoms with E-state index in [1.165, 1.54) is 6.07 Å². The van der Waals surface area contributed by atoms with E-state index in [0.29, 0.717) is 28.3 Å². The molecule has 0 aliphatic heterocycles. The zero-order chi connectivity index (χ0) is 20.5. The lowest BCUT2D eigenvalue weighted by molar-refractivity contribution is 0.0955. The van der Waals surface area contributed by atoms with Gasteiger partial charge >= 0.3 is 0 Å². The molecule has 0 unspecified atom stereocenters. The number of benzene rings is 3. The maximum Gasteiger partial charge on any atom is 0.251 e. The molecule has 0 fully saturated rings. The maximum absolute atomic E-state index is 14.5. The van der Waals surface area contributed by atoms with Gasteiger partial charge in [-0.25, -0.2) is 4.39 Å².